The fourth-order valence-electron chi connectivity index (χ4n) is 2.57. The zero-order valence-corrected chi connectivity index (χ0v) is 11.7. The highest BCUT2D eigenvalue weighted by Crippen LogP contribution is 2.21. The first-order valence-electron chi connectivity index (χ1n) is 7.53. The van der Waals surface area contributed by atoms with Gasteiger partial charge in [-0.3, -0.25) is 10.1 Å². The lowest BCUT2D eigenvalue weighted by Crippen LogP contribution is -2.41. The SMILES string of the molecule is O=C(NC1CC1)[C@H](NC[C@H]1CCCO1)c1ccccc1. The van der Waals surface area contributed by atoms with Crippen molar-refractivity contribution in [3.05, 3.63) is 35.9 Å². The molecule has 0 aromatic heterocycles. The molecular weight excluding hydrogens is 252 g/mol. The maximum Gasteiger partial charge on any atom is 0.241 e. The Morgan fingerprint density at radius 2 is 2.05 bits per heavy atom. The molecule has 0 bridgehead atoms. The molecule has 1 aromatic rings. The van der Waals surface area contributed by atoms with Crippen molar-refractivity contribution in [1.29, 1.82) is 0 Å². The molecule has 1 heterocycles. The van der Waals surface area contributed by atoms with Crippen LogP contribution in [0.4, 0.5) is 0 Å². The Morgan fingerprint density at radius 3 is 2.70 bits per heavy atom. The van der Waals surface area contributed by atoms with Crippen LogP contribution < -0.4 is 10.6 Å². The molecule has 2 atom stereocenters. The second kappa shape index (κ2) is 6.37. The minimum atomic E-state index is -0.277. The number of hydrogen-bond donors (Lipinski definition) is 2. The van der Waals surface area contributed by atoms with Crippen LogP contribution in [0.3, 0.4) is 0 Å². The van der Waals surface area contributed by atoms with E-state index in [1.165, 1.54) is 0 Å². The van der Waals surface area contributed by atoms with Crippen LogP contribution in [-0.2, 0) is 9.53 Å². The summed E-state index contributed by atoms with van der Waals surface area (Å²) >= 11 is 0. The minimum Gasteiger partial charge on any atom is -0.377 e. The molecule has 3 rings (SSSR count). The van der Waals surface area contributed by atoms with Gasteiger partial charge in [0, 0.05) is 19.2 Å². The van der Waals surface area contributed by atoms with Gasteiger partial charge >= 0.3 is 0 Å². The Bertz CT molecular complexity index is 439. The maximum absolute atomic E-state index is 12.4. The Kier molecular flexibility index (Phi) is 4.33. The monoisotopic (exact) mass is 274 g/mol. The molecule has 0 unspecified atom stereocenters. The lowest BCUT2D eigenvalue weighted by atomic mass is 10.1. The van der Waals surface area contributed by atoms with Gasteiger partial charge in [-0.2, -0.15) is 0 Å². The highest BCUT2D eigenvalue weighted by atomic mass is 16.5. The van der Waals surface area contributed by atoms with Gasteiger partial charge in [-0.1, -0.05) is 30.3 Å². The molecule has 0 radical (unpaired) electrons. The highest BCUT2D eigenvalue weighted by molar-refractivity contribution is 5.83. The predicted molar refractivity (Wildman–Crippen MR) is 77.3 cm³/mol. The van der Waals surface area contributed by atoms with E-state index < -0.39 is 0 Å². The van der Waals surface area contributed by atoms with Gasteiger partial charge in [-0.05, 0) is 31.2 Å². The van der Waals surface area contributed by atoms with Crippen molar-refractivity contribution >= 4 is 5.91 Å². The van der Waals surface area contributed by atoms with Crippen LogP contribution in [-0.4, -0.2) is 31.2 Å². The Balaban J connectivity index is 1.63. The van der Waals surface area contributed by atoms with E-state index in [4.69, 9.17) is 4.74 Å². The average molecular weight is 274 g/mol. The molecule has 1 aliphatic heterocycles. The summed E-state index contributed by atoms with van der Waals surface area (Å²) in [6.45, 7) is 1.58. The van der Waals surface area contributed by atoms with E-state index in [1.54, 1.807) is 0 Å². The van der Waals surface area contributed by atoms with Crippen molar-refractivity contribution in [2.45, 2.75) is 43.9 Å². The molecule has 4 heteroatoms. The van der Waals surface area contributed by atoms with Crippen molar-refractivity contribution in [3.8, 4) is 0 Å². The van der Waals surface area contributed by atoms with E-state index in [-0.39, 0.29) is 18.1 Å². The van der Waals surface area contributed by atoms with Gasteiger partial charge in [0.05, 0.1) is 6.10 Å². The Hall–Kier alpha value is -1.39. The number of benzene rings is 1. The first-order valence-corrected chi connectivity index (χ1v) is 7.53. The van der Waals surface area contributed by atoms with Gasteiger partial charge in [0.2, 0.25) is 5.91 Å². The van der Waals surface area contributed by atoms with Crippen LogP contribution in [0.2, 0.25) is 0 Å². The average Bonchev–Trinajstić information content (AvgIpc) is 3.13. The van der Waals surface area contributed by atoms with Crippen molar-refractivity contribution in [1.82, 2.24) is 10.6 Å². The number of nitrogens with one attached hydrogen (secondary N) is 2. The van der Waals surface area contributed by atoms with Gasteiger partial charge < -0.3 is 10.1 Å². The third kappa shape index (κ3) is 3.58. The maximum atomic E-state index is 12.4. The van der Waals surface area contributed by atoms with E-state index in [9.17, 15) is 4.79 Å². The molecule has 2 fully saturated rings. The first-order chi connectivity index (χ1) is 9.83. The summed E-state index contributed by atoms with van der Waals surface area (Å²) in [6.07, 6.45) is 4.67. The Morgan fingerprint density at radius 1 is 1.25 bits per heavy atom. The zero-order chi connectivity index (χ0) is 13.8. The lowest BCUT2D eigenvalue weighted by molar-refractivity contribution is -0.123. The predicted octanol–water partition coefficient (Wildman–Crippen LogP) is 1.77. The van der Waals surface area contributed by atoms with E-state index >= 15 is 0 Å². The molecular formula is C16H22N2O2. The van der Waals surface area contributed by atoms with Crippen molar-refractivity contribution in [3.63, 3.8) is 0 Å². The molecule has 1 saturated carbocycles. The van der Waals surface area contributed by atoms with Gasteiger partial charge in [0.1, 0.15) is 6.04 Å². The molecule has 1 aromatic carbocycles. The van der Waals surface area contributed by atoms with Crippen molar-refractivity contribution < 1.29 is 9.53 Å². The highest BCUT2D eigenvalue weighted by Gasteiger charge is 2.29. The summed E-state index contributed by atoms with van der Waals surface area (Å²) in [5.74, 6) is 0.0803. The van der Waals surface area contributed by atoms with Crippen molar-refractivity contribution in [2.75, 3.05) is 13.2 Å². The summed E-state index contributed by atoms with van der Waals surface area (Å²) in [5.41, 5.74) is 1.02. The van der Waals surface area contributed by atoms with E-state index in [0.717, 1.165) is 44.4 Å². The smallest absolute Gasteiger partial charge is 0.241 e. The quantitative estimate of drug-likeness (QED) is 0.831. The van der Waals surface area contributed by atoms with Crippen molar-refractivity contribution in [2.24, 2.45) is 0 Å². The molecule has 2 N–H and O–H groups in total. The molecule has 4 nitrogen and oxygen atoms in total. The summed E-state index contributed by atoms with van der Waals surface area (Å²) in [5, 5.41) is 6.46. The summed E-state index contributed by atoms with van der Waals surface area (Å²) < 4.78 is 5.62. The van der Waals surface area contributed by atoms with Crippen LogP contribution in [0.5, 0.6) is 0 Å². The topological polar surface area (TPSA) is 50.4 Å². The number of carbonyl (C=O) groups excluding carboxylic acids is 1. The second-order valence-corrected chi connectivity index (χ2v) is 5.67. The number of hydrogen-bond acceptors (Lipinski definition) is 3. The number of amides is 1. The molecule has 108 valence electrons. The van der Waals surface area contributed by atoms with Crippen LogP contribution in [0.25, 0.3) is 0 Å². The second-order valence-electron chi connectivity index (χ2n) is 5.67. The summed E-state index contributed by atoms with van der Waals surface area (Å²) in [4.78, 5) is 12.4. The lowest BCUT2D eigenvalue weighted by Gasteiger charge is -2.20. The largest absolute Gasteiger partial charge is 0.377 e. The van der Waals surface area contributed by atoms with Gasteiger partial charge in [-0.15, -0.1) is 0 Å². The standard InChI is InChI=1S/C16H22N2O2/c19-16(18-13-8-9-13)15(12-5-2-1-3-6-12)17-11-14-7-4-10-20-14/h1-3,5-6,13-15,17H,4,7-11H2,(H,18,19)/t14-,15-/m1/s1. The first kappa shape index (κ1) is 13.6. The van der Waals surface area contributed by atoms with Gasteiger partial charge in [-0.25, -0.2) is 0 Å². The summed E-state index contributed by atoms with van der Waals surface area (Å²) in [6, 6.07) is 10.0. The van der Waals surface area contributed by atoms with Crippen LogP contribution in [0.1, 0.15) is 37.3 Å². The molecule has 0 spiro atoms. The number of ether oxygens (including phenoxy) is 1. The number of carbonyl (C=O) groups is 1. The molecule has 1 aliphatic carbocycles. The fourth-order valence-corrected chi connectivity index (χ4v) is 2.57. The van der Waals surface area contributed by atoms with E-state index in [2.05, 4.69) is 10.6 Å². The minimum absolute atomic E-state index is 0.0803. The summed E-state index contributed by atoms with van der Waals surface area (Å²) in [7, 11) is 0. The normalized spacial score (nSPS) is 23.5. The number of rotatable bonds is 6. The van der Waals surface area contributed by atoms with E-state index in [1.807, 2.05) is 30.3 Å². The fraction of sp³-hybridized carbons (Fsp3) is 0.562. The molecule has 2 aliphatic rings. The molecule has 1 amide bonds. The third-order valence-electron chi connectivity index (χ3n) is 3.89. The van der Waals surface area contributed by atoms with Crippen LogP contribution in [0.15, 0.2) is 30.3 Å². The van der Waals surface area contributed by atoms with Gasteiger partial charge in [0.25, 0.3) is 0 Å². The van der Waals surface area contributed by atoms with Gasteiger partial charge in [0.15, 0.2) is 0 Å². The third-order valence-corrected chi connectivity index (χ3v) is 3.89. The molecule has 20 heavy (non-hydrogen) atoms. The molecule has 1 saturated heterocycles. The zero-order valence-electron chi connectivity index (χ0n) is 11.7. The van der Waals surface area contributed by atoms with E-state index in [0.29, 0.717) is 6.04 Å². The van der Waals surface area contributed by atoms with Crippen LogP contribution in [0, 0.1) is 0 Å². The Labute approximate surface area is 119 Å². The van der Waals surface area contributed by atoms with Crippen LogP contribution >= 0.6 is 0 Å².